The normalized spacial score (nSPS) is 11.1. The van der Waals surface area contributed by atoms with Gasteiger partial charge in [0.2, 0.25) is 0 Å². The van der Waals surface area contributed by atoms with Gasteiger partial charge >= 0.3 is 0 Å². The Hall–Kier alpha value is -0.340. The topological polar surface area (TPSA) is 0 Å². The molecule has 68 valence electrons. The van der Waals surface area contributed by atoms with Crippen LogP contribution in [-0.2, 0) is 0 Å². The van der Waals surface area contributed by atoms with E-state index in [1.165, 1.54) is 30.6 Å². The van der Waals surface area contributed by atoms with Crippen molar-refractivity contribution < 1.29 is 0 Å². The molecule has 0 radical (unpaired) electrons. The molecular formula is C11H11BrS. The van der Waals surface area contributed by atoms with Gasteiger partial charge in [0.05, 0.1) is 0 Å². The third kappa shape index (κ3) is 1.42. The van der Waals surface area contributed by atoms with Gasteiger partial charge in [-0.25, -0.2) is 0 Å². The molecule has 2 heteroatoms. The minimum absolute atomic E-state index is 1.26. The second-order valence-electron chi connectivity index (χ2n) is 3.40. The molecule has 0 aliphatic heterocycles. The summed E-state index contributed by atoms with van der Waals surface area (Å²) in [7, 11) is 0. The van der Waals surface area contributed by atoms with E-state index in [4.69, 9.17) is 0 Å². The molecule has 0 nitrogen and oxygen atoms in total. The number of aryl methyl sites for hydroxylation is 3. The molecule has 1 heterocycles. The molecule has 0 fully saturated rings. The summed E-state index contributed by atoms with van der Waals surface area (Å²) >= 11 is 5.47. The van der Waals surface area contributed by atoms with Gasteiger partial charge in [-0.1, -0.05) is 0 Å². The Morgan fingerprint density at radius 1 is 1.08 bits per heavy atom. The molecule has 0 aliphatic carbocycles. The molecule has 1 aromatic carbocycles. The van der Waals surface area contributed by atoms with Gasteiger partial charge in [-0.15, -0.1) is 11.3 Å². The summed E-state index contributed by atoms with van der Waals surface area (Å²) in [4.78, 5) is 1.36. The summed E-state index contributed by atoms with van der Waals surface area (Å²) in [6.45, 7) is 6.48. The fraction of sp³-hybridized carbons (Fsp3) is 0.273. The molecule has 2 rings (SSSR count). The second-order valence-corrected chi connectivity index (χ2v) is 5.45. The number of hydrogen-bond donors (Lipinski definition) is 0. The third-order valence-electron chi connectivity index (χ3n) is 2.40. The second kappa shape index (κ2) is 3.10. The van der Waals surface area contributed by atoms with Gasteiger partial charge in [-0.2, -0.15) is 0 Å². The molecule has 1 aromatic heterocycles. The quantitative estimate of drug-likeness (QED) is 0.645. The van der Waals surface area contributed by atoms with Crippen molar-refractivity contribution in [2.45, 2.75) is 20.8 Å². The summed E-state index contributed by atoms with van der Waals surface area (Å²) in [5, 5.41) is 1.35. The molecule has 0 saturated heterocycles. The minimum atomic E-state index is 1.26. The van der Waals surface area contributed by atoms with E-state index in [-0.39, 0.29) is 0 Å². The number of thiophene rings is 1. The summed E-state index contributed by atoms with van der Waals surface area (Å²) < 4.78 is 2.64. The van der Waals surface area contributed by atoms with Crippen molar-refractivity contribution in [2.24, 2.45) is 0 Å². The summed E-state index contributed by atoms with van der Waals surface area (Å²) in [5.41, 5.74) is 2.74. The van der Waals surface area contributed by atoms with Crippen LogP contribution in [0.1, 0.15) is 16.0 Å². The molecular weight excluding hydrogens is 244 g/mol. The standard InChI is InChI=1S/C11H11BrS/c1-6-4-9-10(5-7(6)2)13-8(3)11(9)12/h4-5H,1-3H3. The van der Waals surface area contributed by atoms with E-state index in [9.17, 15) is 0 Å². The SMILES string of the molecule is Cc1cc2sc(C)c(Br)c2cc1C. The molecule has 0 atom stereocenters. The Bertz CT molecular complexity index is 468. The van der Waals surface area contributed by atoms with Crippen molar-refractivity contribution >= 4 is 37.4 Å². The van der Waals surface area contributed by atoms with Crippen LogP contribution in [-0.4, -0.2) is 0 Å². The van der Waals surface area contributed by atoms with Crippen LogP contribution in [0.2, 0.25) is 0 Å². The average Bonchev–Trinajstić information content (AvgIpc) is 2.32. The van der Waals surface area contributed by atoms with E-state index in [1.807, 2.05) is 11.3 Å². The molecule has 0 saturated carbocycles. The van der Waals surface area contributed by atoms with Gasteiger partial charge in [-0.3, -0.25) is 0 Å². The molecule has 0 bridgehead atoms. The number of halogens is 1. The zero-order chi connectivity index (χ0) is 9.59. The Morgan fingerprint density at radius 3 is 2.38 bits per heavy atom. The molecule has 0 unspecified atom stereocenters. The maximum atomic E-state index is 3.62. The summed E-state index contributed by atoms with van der Waals surface area (Å²) in [5.74, 6) is 0. The average molecular weight is 255 g/mol. The van der Waals surface area contributed by atoms with E-state index in [2.05, 4.69) is 48.8 Å². The first-order valence-electron chi connectivity index (χ1n) is 4.25. The Labute approximate surface area is 90.7 Å². The van der Waals surface area contributed by atoms with Crippen LogP contribution in [0.4, 0.5) is 0 Å². The van der Waals surface area contributed by atoms with Gasteiger partial charge in [0.1, 0.15) is 0 Å². The van der Waals surface area contributed by atoms with Gasteiger partial charge < -0.3 is 0 Å². The summed E-state index contributed by atoms with van der Waals surface area (Å²) in [6.07, 6.45) is 0. The van der Waals surface area contributed by atoms with Crippen LogP contribution in [0.5, 0.6) is 0 Å². The highest BCUT2D eigenvalue weighted by Crippen LogP contribution is 2.36. The number of rotatable bonds is 0. The van der Waals surface area contributed by atoms with Gasteiger partial charge in [0, 0.05) is 19.4 Å². The van der Waals surface area contributed by atoms with Gasteiger partial charge in [0.25, 0.3) is 0 Å². The maximum absolute atomic E-state index is 3.62. The number of hydrogen-bond acceptors (Lipinski definition) is 1. The van der Waals surface area contributed by atoms with Gasteiger partial charge in [-0.05, 0) is 60.0 Å². The Balaban J connectivity index is 2.89. The molecule has 13 heavy (non-hydrogen) atoms. The first kappa shape index (κ1) is 9.22. The first-order chi connectivity index (χ1) is 6.09. The van der Waals surface area contributed by atoms with Gasteiger partial charge in [0.15, 0.2) is 0 Å². The fourth-order valence-electron chi connectivity index (χ4n) is 1.45. The molecule has 0 amide bonds. The lowest BCUT2D eigenvalue weighted by atomic mass is 10.1. The fourth-order valence-corrected chi connectivity index (χ4v) is 3.18. The van der Waals surface area contributed by atoms with Crippen molar-refractivity contribution in [1.29, 1.82) is 0 Å². The van der Waals surface area contributed by atoms with E-state index in [1.54, 1.807) is 0 Å². The predicted octanol–water partition coefficient (Wildman–Crippen LogP) is 4.59. The molecule has 0 spiro atoms. The Morgan fingerprint density at radius 2 is 1.69 bits per heavy atom. The summed E-state index contributed by atoms with van der Waals surface area (Å²) in [6, 6.07) is 4.53. The van der Waals surface area contributed by atoms with Crippen molar-refractivity contribution in [2.75, 3.05) is 0 Å². The van der Waals surface area contributed by atoms with Crippen LogP contribution >= 0.6 is 27.3 Å². The van der Waals surface area contributed by atoms with E-state index < -0.39 is 0 Å². The maximum Gasteiger partial charge on any atom is 0.0390 e. The van der Waals surface area contributed by atoms with Crippen molar-refractivity contribution in [1.82, 2.24) is 0 Å². The van der Waals surface area contributed by atoms with Crippen LogP contribution in [0, 0.1) is 20.8 Å². The van der Waals surface area contributed by atoms with E-state index in [0.717, 1.165) is 0 Å². The lowest BCUT2D eigenvalue weighted by molar-refractivity contribution is 1.37. The lowest BCUT2D eigenvalue weighted by Crippen LogP contribution is -1.78. The highest BCUT2D eigenvalue weighted by molar-refractivity contribution is 9.10. The highest BCUT2D eigenvalue weighted by atomic mass is 79.9. The third-order valence-corrected chi connectivity index (χ3v) is 4.76. The molecule has 0 N–H and O–H groups in total. The van der Waals surface area contributed by atoms with E-state index in [0.29, 0.717) is 0 Å². The predicted molar refractivity (Wildman–Crippen MR) is 63.7 cm³/mol. The smallest absolute Gasteiger partial charge is 0.0390 e. The monoisotopic (exact) mass is 254 g/mol. The lowest BCUT2D eigenvalue weighted by Gasteiger charge is -1.99. The van der Waals surface area contributed by atoms with Crippen LogP contribution in [0.3, 0.4) is 0 Å². The number of fused-ring (bicyclic) bond motifs is 1. The van der Waals surface area contributed by atoms with Crippen molar-refractivity contribution in [3.63, 3.8) is 0 Å². The van der Waals surface area contributed by atoms with Crippen LogP contribution in [0.25, 0.3) is 10.1 Å². The Kier molecular flexibility index (Phi) is 2.20. The first-order valence-corrected chi connectivity index (χ1v) is 5.86. The molecule has 2 aromatic rings. The van der Waals surface area contributed by atoms with E-state index >= 15 is 0 Å². The molecule has 0 aliphatic rings. The zero-order valence-electron chi connectivity index (χ0n) is 7.94. The number of benzene rings is 1. The zero-order valence-corrected chi connectivity index (χ0v) is 10.3. The van der Waals surface area contributed by atoms with Crippen LogP contribution in [0.15, 0.2) is 16.6 Å². The highest BCUT2D eigenvalue weighted by Gasteiger charge is 2.07. The minimum Gasteiger partial charge on any atom is -0.139 e. The largest absolute Gasteiger partial charge is 0.139 e. The van der Waals surface area contributed by atoms with Crippen LogP contribution < -0.4 is 0 Å². The van der Waals surface area contributed by atoms with Crippen molar-refractivity contribution in [3.8, 4) is 0 Å². The van der Waals surface area contributed by atoms with Crippen molar-refractivity contribution in [3.05, 3.63) is 32.6 Å².